The van der Waals surface area contributed by atoms with E-state index in [1.165, 1.54) is 44.9 Å². The third-order valence-electron chi connectivity index (χ3n) is 12.4. The first kappa shape index (κ1) is 88.5. The van der Waals surface area contributed by atoms with Crippen molar-refractivity contribution in [1.29, 1.82) is 0 Å². The predicted molar refractivity (Wildman–Crippen MR) is 336 cm³/mol. The van der Waals surface area contributed by atoms with E-state index in [1.807, 2.05) is 20.8 Å². The molecule has 0 aromatic heterocycles. The molecule has 0 heterocycles. The van der Waals surface area contributed by atoms with Gasteiger partial charge in [0.25, 0.3) is 0 Å². The van der Waals surface area contributed by atoms with Crippen LogP contribution in [0.3, 0.4) is 0 Å². The fourth-order valence-corrected chi connectivity index (χ4v) is 6.97. The van der Waals surface area contributed by atoms with Crippen LogP contribution < -0.4 is 21.3 Å². The number of carbonyl (C=O) groups excluding carboxylic acids is 2. The van der Waals surface area contributed by atoms with Crippen LogP contribution in [-0.2, 0) is 66.4 Å². The zero-order valence-electron chi connectivity index (χ0n) is 56.1. The number of aliphatic hydroxyl groups excluding tert-OH is 1. The van der Waals surface area contributed by atoms with Gasteiger partial charge in [-0.1, -0.05) is 113 Å². The summed E-state index contributed by atoms with van der Waals surface area (Å²) >= 11 is 0. The molecule has 82 heavy (non-hydrogen) atoms. The summed E-state index contributed by atoms with van der Waals surface area (Å²) in [6.45, 7) is 40.5. The van der Waals surface area contributed by atoms with Gasteiger partial charge in [-0.25, -0.2) is 0 Å². The third-order valence-corrected chi connectivity index (χ3v) is 12.4. The molecule has 5 N–H and O–H groups in total. The Labute approximate surface area is 503 Å². The Hall–Kier alpha value is -2.24. The molecule has 0 bridgehead atoms. The van der Waals surface area contributed by atoms with Gasteiger partial charge in [0.15, 0.2) is 5.88 Å². The molecule has 496 valence electrons. The van der Waals surface area contributed by atoms with E-state index in [1.54, 1.807) is 35.5 Å². The number of hydrogen-bond donors (Lipinski definition) is 5. The number of amides is 1. The lowest BCUT2D eigenvalue weighted by molar-refractivity contribution is -0.157. The van der Waals surface area contributed by atoms with Gasteiger partial charge in [-0.15, -0.1) is 0 Å². The number of nitrogens with one attached hydrogen (secondary N) is 4. The third kappa shape index (κ3) is 72.0. The fraction of sp³-hybridized carbons (Fsp3) is 0.937. The quantitative estimate of drug-likeness (QED) is 0.0218. The van der Waals surface area contributed by atoms with Gasteiger partial charge in [0.05, 0.1) is 110 Å². The topological polar surface area (TPSA) is 213 Å². The van der Waals surface area contributed by atoms with Crippen molar-refractivity contribution in [3.05, 3.63) is 12.5 Å². The fourth-order valence-electron chi connectivity index (χ4n) is 6.97. The molecule has 0 saturated carbocycles. The van der Waals surface area contributed by atoms with Crippen LogP contribution in [0.5, 0.6) is 0 Å². The van der Waals surface area contributed by atoms with E-state index in [9.17, 15) is 14.7 Å². The Morgan fingerprint density at radius 1 is 0.524 bits per heavy atom. The Balaban J connectivity index is -0.000000305. The highest BCUT2D eigenvalue weighted by Gasteiger charge is 2.29. The summed E-state index contributed by atoms with van der Waals surface area (Å²) < 4.78 is 62.4. The lowest BCUT2D eigenvalue weighted by Gasteiger charge is -2.23. The second-order valence-corrected chi connectivity index (χ2v) is 21.2. The normalized spacial score (nSPS) is 13.2. The van der Waals surface area contributed by atoms with Crippen molar-refractivity contribution in [2.75, 3.05) is 161 Å². The molecule has 0 aliphatic rings. The number of esters is 1. The highest BCUT2D eigenvalue weighted by atomic mass is 16.6. The Morgan fingerprint density at radius 2 is 0.988 bits per heavy atom. The molecule has 6 atom stereocenters. The summed E-state index contributed by atoms with van der Waals surface area (Å²) in [5.41, 5.74) is -0.488. The molecule has 19 heteroatoms. The number of aliphatic hydroxyl groups is 1. The molecule has 0 radical (unpaired) electrons. The standard InChI is InChI=1S/C16H33NO5.C13H28O3.C12H25NO3.C11H23NO2.C11H25NO2/c1-5-6-7-16(2,3)15(19)22-13-14(18)12-17-8-9-21-11-10-20-4;1-5-7-8-12(3)16-13(6-2)11-15-10-9-14-4;1-4-5-6-11(2)12(14)13-7-8-16-10-9-15-3;1-5-6-7-10(2)14-11(3)12-8-9-13-4;1-4-5-6-11(2)12-7-8-14-10-9-13-3/h14,17-18H,5-13H2,1-4H3;12-13H,5-11H2,1-4H3;11H,4-10H2,1-3H3,(H,13,14);10,12H,3,5-9H2,1-2,4H3;11-12H,4-10H2,1-3H3. The van der Waals surface area contributed by atoms with Crippen LogP contribution >= 0.6 is 0 Å². The Kier molecular flexibility index (Phi) is 76.9. The molecule has 19 nitrogen and oxygen atoms in total. The second-order valence-electron chi connectivity index (χ2n) is 21.2. The van der Waals surface area contributed by atoms with Crippen LogP contribution in [0, 0.1) is 11.3 Å². The van der Waals surface area contributed by atoms with E-state index in [2.05, 4.69) is 90.2 Å². The Morgan fingerprint density at radius 3 is 1.50 bits per heavy atom. The van der Waals surface area contributed by atoms with Crippen LogP contribution in [0.4, 0.5) is 0 Å². The van der Waals surface area contributed by atoms with E-state index in [0.717, 1.165) is 77.5 Å². The first-order chi connectivity index (χ1) is 39.4. The van der Waals surface area contributed by atoms with Gasteiger partial charge in [0.2, 0.25) is 5.91 Å². The van der Waals surface area contributed by atoms with Crippen LogP contribution in [0.15, 0.2) is 12.5 Å². The first-order valence-electron chi connectivity index (χ1n) is 31.5. The average molecular weight is 1190 g/mol. The molecule has 0 fully saturated rings. The highest BCUT2D eigenvalue weighted by molar-refractivity contribution is 5.78. The zero-order chi connectivity index (χ0) is 62.8. The molecule has 6 unspecified atom stereocenters. The second kappa shape index (κ2) is 71.2. The minimum Gasteiger partial charge on any atom is -0.477 e. The van der Waals surface area contributed by atoms with Crippen molar-refractivity contribution < 1.29 is 71.5 Å². The maximum Gasteiger partial charge on any atom is 0.311 e. The molecule has 1 amide bonds. The van der Waals surface area contributed by atoms with Gasteiger partial charge in [-0.2, -0.15) is 0 Å². The summed E-state index contributed by atoms with van der Waals surface area (Å²) in [4.78, 5) is 23.5. The minimum absolute atomic E-state index is 0.0198. The van der Waals surface area contributed by atoms with E-state index >= 15 is 0 Å². The molecule has 0 spiro atoms. The Bertz CT molecular complexity index is 1280. The summed E-state index contributed by atoms with van der Waals surface area (Å²) in [6.07, 6.45) is 18.1. The van der Waals surface area contributed by atoms with E-state index in [4.69, 9.17) is 56.8 Å². The molecule has 0 aromatic carbocycles. The molecule has 0 aliphatic carbocycles. The predicted octanol–water partition coefficient (Wildman–Crippen LogP) is 10.1. The van der Waals surface area contributed by atoms with Gasteiger partial charge in [-0.05, 0) is 79.7 Å². The SMILES string of the molecule is C=C(NCCOC)OC(C)CCCC.CCCCC(C)(C)C(=O)OCC(O)CNCCOCCOC.CCCCC(C)C(=O)NCCOCCOC.CCCCC(C)NCCOCCOC.CCCCC(C)OC(CC)COCCOC. The summed E-state index contributed by atoms with van der Waals surface area (Å²) in [7, 11) is 8.32. The number of unbranched alkanes of at least 4 members (excludes halogenated alkanes) is 5. The number of ether oxygens (including phenoxy) is 12. The molecular formula is C63H134N4O15. The van der Waals surface area contributed by atoms with Crippen molar-refractivity contribution in [1.82, 2.24) is 21.3 Å². The lowest BCUT2D eigenvalue weighted by atomic mass is 9.87. The van der Waals surface area contributed by atoms with Crippen LogP contribution in [0.2, 0.25) is 0 Å². The largest absolute Gasteiger partial charge is 0.477 e. The van der Waals surface area contributed by atoms with Crippen molar-refractivity contribution in [2.45, 2.75) is 216 Å². The van der Waals surface area contributed by atoms with Crippen molar-refractivity contribution >= 4 is 11.9 Å². The summed E-state index contributed by atoms with van der Waals surface area (Å²) in [5.74, 6) is 0.635. The van der Waals surface area contributed by atoms with E-state index in [-0.39, 0.29) is 36.6 Å². The summed E-state index contributed by atoms with van der Waals surface area (Å²) in [6, 6.07) is 0.612. The van der Waals surface area contributed by atoms with Crippen LogP contribution in [0.25, 0.3) is 0 Å². The van der Waals surface area contributed by atoms with Crippen LogP contribution in [0.1, 0.15) is 186 Å². The highest BCUT2D eigenvalue weighted by Crippen LogP contribution is 2.25. The summed E-state index contributed by atoms with van der Waals surface area (Å²) in [5, 5.41) is 22.2. The zero-order valence-corrected chi connectivity index (χ0v) is 56.1. The maximum atomic E-state index is 12.0. The lowest BCUT2D eigenvalue weighted by Crippen LogP contribution is -2.35. The van der Waals surface area contributed by atoms with Gasteiger partial charge in [0.1, 0.15) is 12.7 Å². The minimum atomic E-state index is -0.704. The monoisotopic (exact) mass is 1190 g/mol. The van der Waals surface area contributed by atoms with Crippen LogP contribution in [-0.4, -0.2) is 208 Å². The molecule has 0 aromatic rings. The van der Waals surface area contributed by atoms with Crippen molar-refractivity contribution in [3.63, 3.8) is 0 Å². The van der Waals surface area contributed by atoms with Gasteiger partial charge in [-0.3, -0.25) is 9.59 Å². The molecule has 0 saturated heterocycles. The molecular weight excluding hydrogens is 1050 g/mol. The number of methoxy groups -OCH3 is 5. The molecule has 0 rings (SSSR count). The number of carbonyl (C=O) groups is 2. The maximum absolute atomic E-state index is 12.0. The van der Waals surface area contributed by atoms with E-state index in [0.29, 0.717) is 117 Å². The smallest absolute Gasteiger partial charge is 0.311 e. The van der Waals surface area contributed by atoms with Gasteiger partial charge in [0, 0.05) is 80.2 Å². The van der Waals surface area contributed by atoms with Crippen molar-refractivity contribution in [3.8, 4) is 0 Å². The molecule has 0 aliphatic heterocycles. The van der Waals surface area contributed by atoms with Crippen molar-refractivity contribution in [2.24, 2.45) is 11.3 Å². The first-order valence-corrected chi connectivity index (χ1v) is 31.5. The number of rotatable bonds is 54. The van der Waals surface area contributed by atoms with Gasteiger partial charge >= 0.3 is 5.97 Å². The average Bonchev–Trinajstić information content (AvgIpc) is 3.46. The number of hydrogen-bond acceptors (Lipinski definition) is 18. The van der Waals surface area contributed by atoms with Gasteiger partial charge < -0.3 is 83.2 Å². The van der Waals surface area contributed by atoms with E-state index < -0.39 is 11.5 Å².